The molecule has 4 N–H and O–H groups in total. The molecule has 1 saturated heterocycles. The van der Waals surface area contributed by atoms with E-state index < -0.39 is 5.97 Å². The van der Waals surface area contributed by atoms with Gasteiger partial charge in [0.2, 0.25) is 0 Å². The Morgan fingerprint density at radius 1 is 1.40 bits per heavy atom. The molecule has 1 aliphatic rings. The Kier molecular flexibility index (Phi) is 4.81. The maximum Gasteiger partial charge on any atom is 0.337 e. The second-order valence-corrected chi connectivity index (χ2v) is 4.86. The first kappa shape index (κ1) is 14.6. The number of carbonyl (C=O) groups is 1. The Morgan fingerprint density at radius 2 is 2.10 bits per heavy atom. The predicted octanol–water partition coefficient (Wildman–Crippen LogP) is 0.945. The van der Waals surface area contributed by atoms with Crippen LogP contribution >= 0.6 is 0 Å². The van der Waals surface area contributed by atoms with Gasteiger partial charge in [0.15, 0.2) is 0 Å². The molecule has 0 atom stereocenters. The van der Waals surface area contributed by atoms with Crippen LogP contribution in [-0.4, -0.2) is 48.6 Å². The van der Waals surface area contributed by atoms with Crippen molar-refractivity contribution in [2.24, 2.45) is 0 Å². The Morgan fingerprint density at radius 3 is 2.70 bits per heavy atom. The number of piperidine rings is 1. The molecule has 0 aromatic heterocycles. The lowest BCUT2D eigenvalue weighted by Gasteiger charge is -2.34. The summed E-state index contributed by atoms with van der Waals surface area (Å²) in [5.41, 5.74) is 7.25. The maximum atomic E-state index is 11.3. The zero-order valence-electron chi connectivity index (χ0n) is 11.3. The van der Waals surface area contributed by atoms with E-state index in [1.807, 2.05) is 4.90 Å². The van der Waals surface area contributed by atoms with E-state index in [-0.39, 0.29) is 18.3 Å². The first-order chi connectivity index (χ1) is 9.61. The number of carboxylic acids is 1. The van der Waals surface area contributed by atoms with Crippen LogP contribution in [0.4, 0.5) is 11.4 Å². The number of anilines is 2. The van der Waals surface area contributed by atoms with Gasteiger partial charge in [-0.1, -0.05) is 0 Å². The van der Waals surface area contributed by atoms with E-state index in [0.29, 0.717) is 18.0 Å². The number of rotatable bonds is 5. The summed E-state index contributed by atoms with van der Waals surface area (Å²) in [6.07, 6.45) is 1.76. The molecule has 20 heavy (non-hydrogen) atoms. The van der Waals surface area contributed by atoms with E-state index in [4.69, 9.17) is 15.6 Å². The van der Waals surface area contributed by atoms with E-state index in [1.54, 1.807) is 18.2 Å². The second-order valence-electron chi connectivity index (χ2n) is 4.86. The lowest BCUT2D eigenvalue weighted by atomic mass is 10.0. The van der Waals surface area contributed by atoms with Crippen molar-refractivity contribution < 1.29 is 19.7 Å². The van der Waals surface area contributed by atoms with Gasteiger partial charge in [-0.2, -0.15) is 0 Å². The number of carboxylic acid groups (broad SMARTS) is 1. The van der Waals surface area contributed by atoms with Crippen molar-refractivity contribution >= 4 is 17.3 Å². The van der Waals surface area contributed by atoms with Crippen molar-refractivity contribution in [2.45, 2.75) is 18.9 Å². The van der Waals surface area contributed by atoms with E-state index >= 15 is 0 Å². The average Bonchev–Trinajstić information content (AvgIpc) is 2.45. The minimum Gasteiger partial charge on any atom is -0.478 e. The van der Waals surface area contributed by atoms with E-state index in [0.717, 1.165) is 25.9 Å². The lowest BCUT2D eigenvalue weighted by molar-refractivity contribution is 0.0159. The molecule has 6 heteroatoms. The number of nitrogens with zero attached hydrogens (tertiary/aromatic N) is 1. The van der Waals surface area contributed by atoms with Crippen molar-refractivity contribution in [1.82, 2.24) is 0 Å². The third kappa shape index (κ3) is 3.40. The van der Waals surface area contributed by atoms with Gasteiger partial charge in [-0.25, -0.2) is 4.79 Å². The topological polar surface area (TPSA) is 96.0 Å². The predicted molar refractivity (Wildman–Crippen MR) is 76.1 cm³/mol. The second kappa shape index (κ2) is 6.58. The number of hydrogen-bond donors (Lipinski definition) is 3. The molecule has 2 rings (SSSR count). The fraction of sp³-hybridized carbons (Fsp3) is 0.500. The van der Waals surface area contributed by atoms with Gasteiger partial charge in [0.05, 0.1) is 30.6 Å². The van der Waals surface area contributed by atoms with Crippen LogP contribution in [0.3, 0.4) is 0 Å². The van der Waals surface area contributed by atoms with Gasteiger partial charge in [0.25, 0.3) is 0 Å². The number of aliphatic hydroxyl groups is 1. The molecular formula is C14H20N2O4. The van der Waals surface area contributed by atoms with Crippen molar-refractivity contribution in [3.8, 4) is 0 Å². The molecule has 0 spiro atoms. The highest BCUT2D eigenvalue weighted by Crippen LogP contribution is 2.27. The third-order valence-corrected chi connectivity index (χ3v) is 3.48. The summed E-state index contributed by atoms with van der Waals surface area (Å²) in [5.74, 6) is -0.946. The van der Waals surface area contributed by atoms with Crippen LogP contribution in [0.15, 0.2) is 18.2 Å². The Hall–Kier alpha value is -1.79. The van der Waals surface area contributed by atoms with Gasteiger partial charge >= 0.3 is 5.97 Å². The monoisotopic (exact) mass is 280 g/mol. The third-order valence-electron chi connectivity index (χ3n) is 3.48. The molecule has 0 radical (unpaired) electrons. The van der Waals surface area contributed by atoms with Crippen LogP contribution in [0.5, 0.6) is 0 Å². The highest BCUT2D eigenvalue weighted by molar-refractivity contribution is 5.95. The van der Waals surface area contributed by atoms with Crippen LogP contribution < -0.4 is 10.6 Å². The lowest BCUT2D eigenvalue weighted by Crippen LogP contribution is -2.38. The summed E-state index contributed by atoms with van der Waals surface area (Å²) in [5, 5.41) is 18.0. The molecule has 0 amide bonds. The zero-order valence-corrected chi connectivity index (χ0v) is 11.3. The molecule has 110 valence electrons. The Balaban J connectivity index is 2.06. The van der Waals surface area contributed by atoms with Gasteiger partial charge in [-0.15, -0.1) is 0 Å². The van der Waals surface area contributed by atoms with Crippen molar-refractivity contribution in [2.75, 3.05) is 36.9 Å². The summed E-state index contributed by atoms with van der Waals surface area (Å²) in [4.78, 5) is 13.3. The molecular weight excluding hydrogens is 260 g/mol. The quantitative estimate of drug-likeness (QED) is 0.695. The van der Waals surface area contributed by atoms with Crippen LogP contribution in [-0.2, 0) is 4.74 Å². The van der Waals surface area contributed by atoms with E-state index in [9.17, 15) is 9.90 Å². The largest absolute Gasteiger partial charge is 0.478 e. The molecule has 6 nitrogen and oxygen atoms in total. The molecule has 1 heterocycles. The Bertz CT molecular complexity index is 470. The summed E-state index contributed by atoms with van der Waals surface area (Å²) in [7, 11) is 0. The number of hydrogen-bond acceptors (Lipinski definition) is 5. The summed E-state index contributed by atoms with van der Waals surface area (Å²) < 4.78 is 5.50. The summed E-state index contributed by atoms with van der Waals surface area (Å²) in [6, 6.07) is 4.85. The number of aliphatic hydroxyl groups excluding tert-OH is 1. The number of nitrogen functional groups attached to an aromatic ring is 1. The van der Waals surface area contributed by atoms with Crippen LogP contribution in [0, 0.1) is 0 Å². The van der Waals surface area contributed by atoms with E-state index in [2.05, 4.69) is 0 Å². The molecule has 1 aromatic rings. The van der Waals surface area contributed by atoms with Crippen molar-refractivity contribution in [3.05, 3.63) is 23.8 Å². The first-order valence-corrected chi connectivity index (χ1v) is 6.72. The van der Waals surface area contributed by atoms with Gasteiger partial charge in [-0.05, 0) is 31.0 Å². The smallest absolute Gasteiger partial charge is 0.337 e. The average molecular weight is 280 g/mol. The van der Waals surface area contributed by atoms with Crippen LogP contribution in [0.25, 0.3) is 0 Å². The molecule has 0 unspecified atom stereocenters. The van der Waals surface area contributed by atoms with Crippen LogP contribution in [0.1, 0.15) is 23.2 Å². The van der Waals surface area contributed by atoms with Gasteiger partial charge in [-0.3, -0.25) is 0 Å². The van der Waals surface area contributed by atoms with Crippen molar-refractivity contribution in [3.63, 3.8) is 0 Å². The summed E-state index contributed by atoms with van der Waals surface area (Å²) in [6.45, 7) is 1.82. The van der Waals surface area contributed by atoms with Gasteiger partial charge < -0.3 is 25.6 Å². The summed E-state index contributed by atoms with van der Waals surface area (Å²) >= 11 is 0. The zero-order chi connectivity index (χ0) is 14.5. The molecule has 0 aliphatic carbocycles. The van der Waals surface area contributed by atoms with Crippen molar-refractivity contribution in [1.29, 1.82) is 0 Å². The molecule has 0 saturated carbocycles. The SMILES string of the molecule is Nc1ccc(C(=O)O)c(N2CCC(OCCO)CC2)c1. The number of benzene rings is 1. The molecule has 1 aliphatic heterocycles. The number of nitrogens with two attached hydrogens (primary N) is 1. The standard InChI is InChI=1S/C14H20N2O4/c15-10-1-2-12(14(18)19)13(9-10)16-5-3-11(4-6-16)20-8-7-17/h1-2,9,11,17H,3-8,15H2,(H,18,19). The number of aromatic carboxylic acids is 1. The van der Waals surface area contributed by atoms with Crippen LogP contribution in [0.2, 0.25) is 0 Å². The molecule has 1 aromatic carbocycles. The fourth-order valence-electron chi connectivity index (χ4n) is 2.47. The molecule has 1 fully saturated rings. The maximum absolute atomic E-state index is 11.3. The minimum atomic E-state index is -0.946. The molecule has 0 bridgehead atoms. The first-order valence-electron chi connectivity index (χ1n) is 6.72. The highest BCUT2D eigenvalue weighted by Gasteiger charge is 2.23. The van der Waals surface area contributed by atoms with E-state index in [1.165, 1.54) is 0 Å². The Labute approximate surface area is 117 Å². The highest BCUT2D eigenvalue weighted by atomic mass is 16.5. The fourth-order valence-corrected chi connectivity index (χ4v) is 2.47. The number of ether oxygens (including phenoxy) is 1. The minimum absolute atomic E-state index is 0.0264. The van der Waals surface area contributed by atoms with Gasteiger partial charge in [0, 0.05) is 18.8 Å². The normalized spacial score (nSPS) is 16.4. The van der Waals surface area contributed by atoms with Gasteiger partial charge in [0.1, 0.15) is 0 Å².